The first-order chi connectivity index (χ1) is 9.01. The lowest BCUT2D eigenvalue weighted by molar-refractivity contribution is -0.0844. The van der Waals surface area contributed by atoms with E-state index in [9.17, 15) is 18.7 Å². The molecule has 0 aromatic carbocycles. The Kier molecular flexibility index (Phi) is 5.00. The molecule has 1 saturated carbocycles. The van der Waals surface area contributed by atoms with E-state index < -0.39 is 23.2 Å². The fraction of sp³-hybridized carbons (Fsp3) is 0.929. The minimum atomic E-state index is -2.67. The summed E-state index contributed by atoms with van der Waals surface area (Å²) in [6, 6.07) is 0. The Bertz CT molecular complexity index is 343. The highest BCUT2D eigenvalue weighted by atomic mass is 19.3. The van der Waals surface area contributed by atoms with Crippen LogP contribution in [0.25, 0.3) is 0 Å². The Morgan fingerprint density at radius 2 is 1.75 bits per heavy atom. The summed E-state index contributed by atoms with van der Waals surface area (Å²) in [5, 5.41) is 9.21. The van der Waals surface area contributed by atoms with Crippen molar-refractivity contribution in [1.29, 1.82) is 0 Å². The number of amides is 1. The molecule has 1 aliphatic carbocycles. The van der Waals surface area contributed by atoms with Gasteiger partial charge in [0.15, 0.2) is 0 Å². The van der Waals surface area contributed by atoms with Crippen LogP contribution in [0.3, 0.4) is 0 Å². The summed E-state index contributed by atoms with van der Waals surface area (Å²) in [6.45, 7) is 5.13. The molecule has 0 aliphatic heterocycles. The molecule has 0 spiro atoms. The maximum Gasteiger partial charge on any atom is 0.410 e. The topological polar surface area (TPSA) is 49.8 Å². The number of ether oxygens (including phenoxy) is 1. The third-order valence-corrected chi connectivity index (χ3v) is 3.87. The molecule has 4 nitrogen and oxygen atoms in total. The van der Waals surface area contributed by atoms with E-state index in [1.807, 2.05) is 0 Å². The standard InChI is InChI=1S/C14H25F2NO3/c1-12(2,3)20-11(19)17(4)13(9-10-18)5-7-14(15,16)8-6-13/h18H,5-10H2,1-4H3. The second kappa shape index (κ2) is 5.84. The third-order valence-electron chi connectivity index (χ3n) is 3.87. The summed E-state index contributed by atoms with van der Waals surface area (Å²) in [6.07, 6.45) is -0.415. The Morgan fingerprint density at radius 3 is 2.15 bits per heavy atom. The second-order valence-corrected chi connectivity index (χ2v) is 6.59. The number of hydrogen-bond donors (Lipinski definition) is 1. The van der Waals surface area contributed by atoms with Gasteiger partial charge in [-0.1, -0.05) is 0 Å². The van der Waals surface area contributed by atoms with Gasteiger partial charge >= 0.3 is 6.09 Å². The highest BCUT2D eigenvalue weighted by molar-refractivity contribution is 5.69. The number of alkyl halides is 2. The van der Waals surface area contributed by atoms with Gasteiger partial charge in [-0.2, -0.15) is 0 Å². The van der Waals surface area contributed by atoms with Crippen LogP contribution in [-0.2, 0) is 4.74 Å². The average Bonchev–Trinajstić information content (AvgIpc) is 2.29. The van der Waals surface area contributed by atoms with Gasteiger partial charge in [0.05, 0.1) is 0 Å². The fourth-order valence-corrected chi connectivity index (χ4v) is 2.57. The van der Waals surface area contributed by atoms with Crippen molar-refractivity contribution in [3.8, 4) is 0 Å². The second-order valence-electron chi connectivity index (χ2n) is 6.59. The van der Waals surface area contributed by atoms with Gasteiger partial charge in [0.1, 0.15) is 5.60 Å². The van der Waals surface area contributed by atoms with E-state index in [0.29, 0.717) is 6.42 Å². The summed E-state index contributed by atoms with van der Waals surface area (Å²) >= 11 is 0. The first-order valence-electron chi connectivity index (χ1n) is 6.97. The molecule has 1 aliphatic rings. The van der Waals surface area contributed by atoms with Crippen LogP contribution in [0.15, 0.2) is 0 Å². The zero-order valence-corrected chi connectivity index (χ0v) is 12.7. The lowest BCUT2D eigenvalue weighted by atomic mass is 9.77. The molecule has 1 N–H and O–H groups in total. The van der Waals surface area contributed by atoms with Gasteiger partial charge in [-0.15, -0.1) is 0 Å². The average molecular weight is 293 g/mol. The van der Waals surface area contributed by atoms with E-state index in [1.54, 1.807) is 27.8 Å². The molecule has 0 radical (unpaired) electrons. The maximum absolute atomic E-state index is 13.3. The Labute approximate surface area is 119 Å². The zero-order valence-electron chi connectivity index (χ0n) is 12.7. The SMILES string of the molecule is CN(C(=O)OC(C)(C)C)C1(CCO)CCC(F)(F)CC1. The molecular weight excluding hydrogens is 268 g/mol. The molecule has 0 unspecified atom stereocenters. The van der Waals surface area contributed by atoms with E-state index >= 15 is 0 Å². The summed E-state index contributed by atoms with van der Waals surface area (Å²) in [4.78, 5) is 13.5. The van der Waals surface area contributed by atoms with Crippen molar-refractivity contribution in [3.05, 3.63) is 0 Å². The van der Waals surface area contributed by atoms with E-state index in [4.69, 9.17) is 4.74 Å². The van der Waals surface area contributed by atoms with Crippen molar-refractivity contribution in [1.82, 2.24) is 4.90 Å². The largest absolute Gasteiger partial charge is 0.444 e. The summed E-state index contributed by atoms with van der Waals surface area (Å²) in [5.41, 5.74) is -1.37. The molecule has 1 amide bonds. The molecule has 20 heavy (non-hydrogen) atoms. The van der Waals surface area contributed by atoms with Gasteiger partial charge in [0, 0.05) is 32.0 Å². The minimum absolute atomic E-state index is 0.140. The molecule has 0 heterocycles. The number of carbonyl (C=O) groups excluding carboxylic acids is 1. The molecule has 6 heteroatoms. The smallest absolute Gasteiger partial charge is 0.410 e. The number of aliphatic hydroxyl groups is 1. The quantitative estimate of drug-likeness (QED) is 0.869. The van der Waals surface area contributed by atoms with Crippen LogP contribution in [0, 0.1) is 0 Å². The highest BCUT2D eigenvalue weighted by Gasteiger charge is 2.47. The number of rotatable bonds is 3. The Morgan fingerprint density at radius 1 is 1.25 bits per heavy atom. The van der Waals surface area contributed by atoms with Gasteiger partial charge in [0.25, 0.3) is 0 Å². The number of halogens is 2. The normalized spacial score (nSPS) is 21.4. The van der Waals surface area contributed by atoms with Gasteiger partial charge in [-0.25, -0.2) is 13.6 Å². The Hall–Kier alpha value is -0.910. The van der Waals surface area contributed by atoms with Crippen LogP contribution in [-0.4, -0.2) is 46.8 Å². The number of hydrogen-bond acceptors (Lipinski definition) is 3. The lowest BCUT2D eigenvalue weighted by Gasteiger charge is -2.46. The van der Waals surface area contributed by atoms with Crippen LogP contribution >= 0.6 is 0 Å². The van der Waals surface area contributed by atoms with Gasteiger partial charge in [-0.3, -0.25) is 0 Å². The fourth-order valence-electron chi connectivity index (χ4n) is 2.57. The van der Waals surface area contributed by atoms with Crippen molar-refractivity contribution < 1.29 is 23.4 Å². The van der Waals surface area contributed by atoms with Crippen molar-refractivity contribution in [2.24, 2.45) is 0 Å². The summed E-state index contributed by atoms with van der Waals surface area (Å²) in [7, 11) is 1.56. The zero-order chi connectivity index (χ0) is 15.6. The number of carbonyl (C=O) groups is 1. The van der Waals surface area contributed by atoms with E-state index in [-0.39, 0.29) is 32.3 Å². The predicted molar refractivity (Wildman–Crippen MR) is 71.8 cm³/mol. The molecule has 118 valence electrons. The molecule has 0 aromatic rings. The molecular formula is C14H25F2NO3. The minimum Gasteiger partial charge on any atom is -0.444 e. The predicted octanol–water partition coefficient (Wildman–Crippen LogP) is 3.18. The van der Waals surface area contributed by atoms with Crippen molar-refractivity contribution in [2.75, 3.05) is 13.7 Å². The first kappa shape index (κ1) is 17.1. The highest BCUT2D eigenvalue weighted by Crippen LogP contribution is 2.43. The Balaban J connectivity index is 2.83. The first-order valence-corrected chi connectivity index (χ1v) is 6.97. The van der Waals surface area contributed by atoms with Crippen LogP contribution in [0.2, 0.25) is 0 Å². The van der Waals surface area contributed by atoms with Crippen molar-refractivity contribution in [2.45, 2.75) is 69.9 Å². The summed E-state index contributed by atoms with van der Waals surface area (Å²) in [5.74, 6) is -2.67. The molecule has 0 atom stereocenters. The lowest BCUT2D eigenvalue weighted by Crippen LogP contribution is -2.54. The van der Waals surface area contributed by atoms with Gasteiger partial charge in [0.2, 0.25) is 5.92 Å². The van der Waals surface area contributed by atoms with Crippen molar-refractivity contribution >= 4 is 6.09 Å². The van der Waals surface area contributed by atoms with Gasteiger partial charge < -0.3 is 14.7 Å². The summed E-state index contributed by atoms with van der Waals surface area (Å²) < 4.78 is 31.9. The molecule has 0 bridgehead atoms. The van der Waals surface area contributed by atoms with E-state index in [2.05, 4.69) is 0 Å². The number of aliphatic hydroxyl groups excluding tert-OH is 1. The van der Waals surface area contributed by atoms with Crippen LogP contribution in [0.4, 0.5) is 13.6 Å². The van der Waals surface area contributed by atoms with E-state index in [1.165, 1.54) is 4.90 Å². The molecule has 1 rings (SSSR count). The van der Waals surface area contributed by atoms with Crippen LogP contribution in [0.1, 0.15) is 52.9 Å². The van der Waals surface area contributed by atoms with Crippen LogP contribution < -0.4 is 0 Å². The van der Waals surface area contributed by atoms with Crippen LogP contribution in [0.5, 0.6) is 0 Å². The molecule has 0 aromatic heterocycles. The maximum atomic E-state index is 13.3. The monoisotopic (exact) mass is 293 g/mol. The van der Waals surface area contributed by atoms with Gasteiger partial charge in [-0.05, 0) is 40.0 Å². The third kappa shape index (κ3) is 4.30. The molecule has 1 fully saturated rings. The molecule has 0 saturated heterocycles. The van der Waals surface area contributed by atoms with Crippen molar-refractivity contribution in [3.63, 3.8) is 0 Å². The van der Waals surface area contributed by atoms with E-state index in [0.717, 1.165) is 0 Å². The number of nitrogens with zero attached hydrogens (tertiary/aromatic N) is 1.